The molecule has 1 aliphatic rings. The molecule has 0 aromatic heterocycles. The zero-order valence-electron chi connectivity index (χ0n) is 15.9. The monoisotopic (exact) mass is 352 g/mol. The Morgan fingerprint density at radius 2 is 1.85 bits per heavy atom. The van der Waals surface area contributed by atoms with E-state index in [1.54, 1.807) is 7.11 Å². The van der Waals surface area contributed by atoms with Crippen molar-refractivity contribution in [1.29, 1.82) is 0 Å². The van der Waals surface area contributed by atoms with Gasteiger partial charge in [0.25, 0.3) is 5.91 Å². The first-order chi connectivity index (χ1) is 12.6. The topological polar surface area (TPSA) is 32.8 Å². The summed E-state index contributed by atoms with van der Waals surface area (Å²) < 4.78 is 5.24. The molecule has 3 rings (SSSR count). The van der Waals surface area contributed by atoms with E-state index in [2.05, 4.69) is 31.0 Å². The normalized spacial score (nSPS) is 16.6. The maximum absolute atomic E-state index is 13.0. The highest BCUT2D eigenvalue weighted by Gasteiger charge is 2.30. The van der Waals surface area contributed by atoms with Crippen LogP contribution in [0.25, 0.3) is 0 Å². The van der Waals surface area contributed by atoms with Gasteiger partial charge in [0.05, 0.1) is 13.2 Å². The third-order valence-corrected chi connectivity index (χ3v) is 5.13. The van der Waals surface area contributed by atoms with Crippen molar-refractivity contribution in [3.8, 4) is 5.75 Å². The van der Waals surface area contributed by atoms with E-state index in [9.17, 15) is 4.79 Å². The van der Waals surface area contributed by atoms with Gasteiger partial charge < -0.3 is 14.5 Å². The van der Waals surface area contributed by atoms with Crippen LogP contribution in [0.5, 0.6) is 5.75 Å². The summed E-state index contributed by atoms with van der Waals surface area (Å²) in [6, 6.07) is 16.2. The second-order valence-electron chi connectivity index (χ2n) is 6.90. The lowest BCUT2D eigenvalue weighted by Gasteiger charge is -2.26. The lowest BCUT2D eigenvalue weighted by atomic mass is 10.0. The van der Waals surface area contributed by atoms with Gasteiger partial charge in [-0.3, -0.25) is 4.79 Å². The highest BCUT2D eigenvalue weighted by Crippen LogP contribution is 2.34. The Labute approximate surface area is 156 Å². The maximum Gasteiger partial charge on any atom is 0.254 e. The molecule has 1 atom stereocenters. The third kappa shape index (κ3) is 3.85. The van der Waals surface area contributed by atoms with Crippen molar-refractivity contribution >= 4 is 11.6 Å². The van der Waals surface area contributed by atoms with Crippen LogP contribution in [0.15, 0.2) is 48.5 Å². The zero-order valence-corrected chi connectivity index (χ0v) is 15.9. The highest BCUT2D eigenvalue weighted by atomic mass is 16.5. The van der Waals surface area contributed by atoms with Crippen LogP contribution < -0.4 is 9.64 Å². The van der Waals surface area contributed by atoms with Crippen molar-refractivity contribution in [2.24, 2.45) is 0 Å². The van der Waals surface area contributed by atoms with E-state index >= 15 is 0 Å². The average molecular weight is 352 g/mol. The summed E-state index contributed by atoms with van der Waals surface area (Å²) in [4.78, 5) is 17.3. The Morgan fingerprint density at radius 1 is 1.15 bits per heavy atom. The fraction of sp³-hybridized carbons (Fsp3) is 0.409. The SMILES string of the molecule is CCCN(C)c1ccc(C(=O)N2CCCC2c2ccc(OC)cc2)cc1. The van der Waals surface area contributed by atoms with Crippen molar-refractivity contribution in [2.45, 2.75) is 32.2 Å². The number of ether oxygens (including phenoxy) is 1. The minimum absolute atomic E-state index is 0.119. The standard InChI is InChI=1S/C22H28N2O2/c1-4-15-23(2)19-11-7-18(8-12-19)22(25)24-16-5-6-21(24)17-9-13-20(26-3)14-10-17/h7-14,21H,4-6,15-16H2,1-3H3. The van der Waals surface area contributed by atoms with Gasteiger partial charge in [-0.15, -0.1) is 0 Å². The van der Waals surface area contributed by atoms with E-state index in [0.717, 1.165) is 49.4 Å². The number of nitrogens with zero attached hydrogens (tertiary/aromatic N) is 2. The number of rotatable bonds is 6. The summed E-state index contributed by atoms with van der Waals surface area (Å²) in [5, 5.41) is 0. The number of hydrogen-bond acceptors (Lipinski definition) is 3. The summed E-state index contributed by atoms with van der Waals surface area (Å²) >= 11 is 0. The van der Waals surface area contributed by atoms with Crippen LogP contribution in [0.3, 0.4) is 0 Å². The number of amides is 1. The molecule has 26 heavy (non-hydrogen) atoms. The van der Waals surface area contributed by atoms with Gasteiger partial charge in [-0.05, 0) is 61.2 Å². The van der Waals surface area contributed by atoms with Crippen LogP contribution in [-0.4, -0.2) is 38.1 Å². The van der Waals surface area contributed by atoms with Crippen LogP contribution in [0.4, 0.5) is 5.69 Å². The number of hydrogen-bond donors (Lipinski definition) is 0. The molecule has 2 aromatic rings. The number of anilines is 1. The molecule has 0 radical (unpaired) electrons. The van der Waals surface area contributed by atoms with Crippen molar-refractivity contribution in [3.63, 3.8) is 0 Å². The van der Waals surface area contributed by atoms with E-state index in [-0.39, 0.29) is 11.9 Å². The number of carbonyl (C=O) groups is 1. The maximum atomic E-state index is 13.0. The van der Waals surface area contributed by atoms with Crippen molar-refractivity contribution in [3.05, 3.63) is 59.7 Å². The van der Waals surface area contributed by atoms with E-state index < -0.39 is 0 Å². The molecule has 0 saturated carbocycles. The molecule has 138 valence electrons. The molecule has 0 aliphatic carbocycles. The number of carbonyl (C=O) groups excluding carboxylic acids is 1. The Kier molecular flexibility index (Phi) is 5.82. The summed E-state index contributed by atoms with van der Waals surface area (Å²) in [7, 11) is 3.75. The smallest absolute Gasteiger partial charge is 0.254 e. The second-order valence-corrected chi connectivity index (χ2v) is 6.90. The number of likely N-dealkylation sites (tertiary alicyclic amines) is 1. The van der Waals surface area contributed by atoms with Crippen LogP contribution in [0, 0.1) is 0 Å². The minimum atomic E-state index is 0.119. The Morgan fingerprint density at radius 3 is 2.46 bits per heavy atom. The minimum Gasteiger partial charge on any atom is -0.497 e. The Hall–Kier alpha value is -2.49. The predicted octanol–water partition coefficient (Wildman–Crippen LogP) is 4.52. The quantitative estimate of drug-likeness (QED) is 0.766. The fourth-order valence-electron chi connectivity index (χ4n) is 3.67. The first-order valence-electron chi connectivity index (χ1n) is 9.40. The molecule has 4 heteroatoms. The van der Waals surface area contributed by atoms with E-state index in [0.29, 0.717) is 0 Å². The molecular weight excluding hydrogens is 324 g/mol. The van der Waals surface area contributed by atoms with Crippen LogP contribution in [-0.2, 0) is 0 Å². The molecule has 0 bridgehead atoms. The van der Waals surface area contributed by atoms with Gasteiger partial charge in [-0.2, -0.15) is 0 Å². The van der Waals surface area contributed by atoms with Crippen LogP contribution in [0.2, 0.25) is 0 Å². The van der Waals surface area contributed by atoms with Gasteiger partial charge in [0, 0.05) is 31.4 Å². The molecule has 4 nitrogen and oxygen atoms in total. The molecule has 0 N–H and O–H groups in total. The largest absolute Gasteiger partial charge is 0.497 e. The molecule has 1 unspecified atom stereocenters. The molecule has 0 spiro atoms. The molecule has 1 saturated heterocycles. The molecule has 1 heterocycles. The van der Waals surface area contributed by atoms with E-state index in [1.807, 2.05) is 41.3 Å². The number of benzene rings is 2. The van der Waals surface area contributed by atoms with Gasteiger partial charge in [-0.25, -0.2) is 0 Å². The second kappa shape index (κ2) is 8.26. The molecule has 2 aromatic carbocycles. The number of methoxy groups -OCH3 is 1. The van der Waals surface area contributed by atoms with Crippen molar-refractivity contribution in [1.82, 2.24) is 4.90 Å². The fourth-order valence-corrected chi connectivity index (χ4v) is 3.67. The van der Waals surface area contributed by atoms with Gasteiger partial charge in [0.15, 0.2) is 0 Å². The lowest BCUT2D eigenvalue weighted by Crippen LogP contribution is -2.30. The first kappa shape index (κ1) is 18.3. The van der Waals surface area contributed by atoms with Gasteiger partial charge in [0.2, 0.25) is 0 Å². The van der Waals surface area contributed by atoms with Crippen molar-refractivity contribution < 1.29 is 9.53 Å². The molecule has 1 fully saturated rings. The van der Waals surface area contributed by atoms with E-state index in [4.69, 9.17) is 4.74 Å². The zero-order chi connectivity index (χ0) is 18.5. The Bertz CT molecular complexity index is 725. The van der Waals surface area contributed by atoms with Crippen LogP contribution >= 0.6 is 0 Å². The molecule has 1 amide bonds. The Balaban J connectivity index is 1.75. The summed E-state index contributed by atoms with van der Waals surface area (Å²) in [6.07, 6.45) is 3.16. The first-order valence-corrected chi connectivity index (χ1v) is 9.40. The van der Waals surface area contributed by atoms with Gasteiger partial charge in [-0.1, -0.05) is 19.1 Å². The summed E-state index contributed by atoms with van der Waals surface area (Å²) in [5.41, 5.74) is 3.09. The lowest BCUT2D eigenvalue weighted by molar-refractivity contribution is 0.0735. The predicted molar refractivity (Wildman–Crippen MR) is 106 cm³/mol. The summed E-state index contributed by atoms with van der Waals surface area (Å²) in [6.45, 7) is 3.99. The summed E-state index contributed by atoms with van der Waals surface area (Å²) in [5.74, 6) is 0.962. The highest BCUT2D eigenvalue weighted by molar-refractivity contribution is 5.95. The van der Waals surface area contributed by atoms with Gasteiger partial charge in [0.1, 0.15) is 5.75 Å². The van der Waals surface area contributed by atoms with E-state index in [1.165, 1.54) is 5.56 Å². The van der Waals surface area contributed by atoms with Crippen molar-refractivity contribution in [2.75, 3.05) is 32.1 Å². The third-order valence-electron chi connectivity index (χ3n) is 5.13. The van der Waals surface area contributed by atoms with Gasteiger partial charge >= 0.3 is 0 Å². The molecule has 1 aliphatic heterocycles. The average Bonchev–Trinajstić information content (AvgIpc) is 3.17. The van der Waals surface area contributed by atoms with Crippen LogP contribution in [0.1, 0.15) is 48.1 Å². The molecular formula is C22H28N2O2.